The van der Waals surface area contributed by atoms with Crippen LogP contribution in [0.2, 0.25) is 0 Å². The molecule has 1 aromatic carbocycles. The van der Waals surface area contributed by atoms with Gasteiger partial charge in [0.2, 0.25) is 5.91 Å². The third kappa shape index (κ3) is 2.99. The van der Waals surface area contributed by atoms with E-state index in [1.807, 2.05) is 24.3 Å². The first-order valence-corrected chi connectivity index (χ1v) is 7.45. The van der Waals surface area contributed by atoms with E-state index in [1.165, 1.54) is 6.42 Å². The molecule has 2 aliphatic rings. The van der Waals surface area contributed by atoms with Crippen LogP contribution in [-0.2, 0) is 9.53 Å². The molecule has 0 spiro atoms. The van der Waals surface area contributed by atoms with Gasteiger partial charge in [0.25, 0.3) is 0 Å². The molecule has 2 aliphatic heterocycles. The number of amides is 1. The zero-order valence-corrected chi connectivity index (χ0v) is 12.2. The number of para-hydroxylation sites is 1. The van der Waals surface area contributed by atoms with Crippen molar-refractivity contribution in [1.29, 1.82) is 0 Å². The zero-order chi connectivity index (χ0) is 13.2. The first kappa shape index (κ1) is 13.1. The van der Waals surface area contributed by atoms with E-state index < -0.39 is 0 Å². The summed E-state index contributed by atoms with van der Waals surface area (Å²) in [5.74, 6) is -0.0188. The zero-order valence-electron chi connectivity index (χ0n) is 10.6. The summed E-state index contributed by atoms with van der Waals surface area (Å²) in [7, 11) is 0. The minimum atomic E-state index is -0.0188. The first-order chi connectivity index (χ1) is 9.22. The monoisotopic (exact) mass is 324 g/mol. The van der Waals surface area contributed by atoms with Crippen molar-refractivity contribution in [3.05, 3.63) is 28.7 Å². The van der Waals surface area contributed by atoms with Crippen LogP contribution in [-0.4, -0.2) is 30.7 Å². The maximum Gasteiger partial charge on any atom is 0.238 e. The highest BCUT2D eigenvalue weighted by Gasteiger charge is 2.40. The second-order valence-corrected chi connectivity index (χ2v) is 5.98. The van der Waals surface area contributed by atoms with E-state index in [0.717, 1.165) is 23.0 Å². The van der Waals surface area contributed by atoms with Crippen molar-refractivity contribution in [3.8, 4) is 0 Å². The number of anilines is 1. The Morgan fingerprint density at radius 3 is 2.89 bits per heavy atom. The van der Waals surface area contributed by atoms with Gasteiger partial charge in [-0.25, -0.2) is 0 Å². The van der Waals surface area contributed by atoms with Gasteiger partial charge in [0, 0.05) is 10.5 Å². The van der Waals surface area contributed by atoms with Crippen molar-refractivity contribution in [3.63, 3.8) is 0 Å². The molecule has 3 rings (SSSR count). The van der Waals surface area contributed by atoms with Crippen LogP contribution in [0.5, 0.6) is 0 Å². The van der Waals surface area contributed by atoms with Crippen LogP contribution in [0.4, 0.5) is 5.69 Å². The Morgan fingerprint density at radius 1 is 1.37 bits per heavy atom. The van der Waals surface area contributed by atoms with Gasteiger partial charge in [-0.05, 0) is 47.3 Å². The summed E-state index contributed by atoms with van der Waals surface area (Å²) in [4.78, 5) is 11.9. The normalized spacial score (nSPS) is 28.6. The molecule has 5 heteroatoms. The summed E-state index contributed by atoms with van der Waals surface area (Å²) in [5.41, 5.74) is 0.804. The number of carbonyl (C=O) groups is 1. The molecule has 19 heavy (non-hydrogen) atoms. The van der Waals surface area contributed by atoms with Crippen molar-refractivity contribution < 1.29 is 9.53 Å². The summed E-state index contributed by atoms with van der Waals surface area (Å²) in [5, 5.41) is 6.19. The lowest BCUT2D eigenvalue weighted by Gasteiger charge is -2.19. The molecule has 0 aliphatic carbocycles. The number of halogens is 1. The standard InChI is InChI=1S/C14H17BrN2O2/c15-10-3-1-2-4-11(10)17-14(18)8-16-12-7-9-5-6-13(12)19-9/h1-4,9,12-13,16H,5-8H2,(H,17,18). The highest BCUT2D eigenvalue weighted by molar-refractivity contribution is 9.10. The lowest BCUT2D eigenvalue weighted by atomic mass is 9.95. The van der Waals surface area contributed by atoms with Crippen LogP contribution in [0.3, 0.4) is 0 Å². The van der Waals surface area contributed by atoms with Crippen LogP contribution in [0.25, 0.3) is 0 Å². The van der Waals surface area contributed by atoms with E-state index in [4.69, 9.17) is 4.74 Å². The lowest BCUT2D eigenvalue weighted by Crippen LogP contribution is -2.41. The maximum atomic E-state index is 11.9. The van der Waals surface area contributed by atoms with Gasteiger partial charge in [-0.2, -0.15) is 0 Å². The minimum absolute atomic E-state index is 0.0188. The Morgan fingerprint density at radius 2 is 2.21 bits per heavy atom. The van der Waals surface area contributed by atoms with Gasteiger partial charge in [-0.15, -0.1) is 0 Å². The highest BCUT2D eigenvalue weighted by Crippen LogP contribution is 2.34. The van der Waals surface area contributed by atoms with Crippen LogP contribution in [0, 0.1) is 0 Å². The van der Waals surface area contributed by atoms with Gasteiger partial charge in [0.1, 0.15) is 0 Å². The number of hydrogen-bond acceptors (Lipinski definition) is 3. The van der Waals surface area contributed by atoms with E-state index in [1.54, 1.807) is 0 Å². The number of fused-ring (bicyclic) bond motifs is 2. The van der Waals surface area contributed by atoms with Crippen LogP contribution < -0.4 is 10.6 Å². The molecule has 2 saturated heterocycles. The van der Waals surface area contributed by atoms with Crippen LogP contribution in [0.15, 0.2) is 28.7 Å². The van der Waals surface area contributed by atoms with Gasteiger partial charge in [-0.3, -0.25) is 4.79 Å². The molecule has 2 fully saturated rings. The highest BCUT2D eigenvalue weighted by atomic mass is 79.9. The average Bonchev–Trinajstić information content (AvgIpc) is 3.01. The number of benzene rings is 1. The second-order valence-electron chi connectivity index (χ2n) is 5.13. The lowest BCUT2D eigenvalue weighted by molar-refractivity contribution is -0.115. The van der Waals surface area contributed by atoms with Gasteiger partial charge >= 0.3 is 0 Å². The second kappa shape index (κ2) is 5.61. The van der Waals surface area contributed by atoms with Gasteiger partial charge in [0.05, 0.1) is 24.4 Å². The quantitative estimate of drug-likeness (QED) is 0.893. The van der Waals surface area contributed by atoms with Gasteiger partial charge in [0.15, 0.2) is 0 Å². The molecule has 3 unspecified atom stereocenters. The predicted molar refractivity (Wildman–Crippen MR) is 77.1 cm³/mol. The molecule has 4 nitrogen and oxygen atoms in total. The molecule has 2 heterocycles. The van der Waals surface area contributed by atoms with E-state index in [0.29, 0.717) is 24.8 Å². The third-order valence-corrected chi connectivity index (χ3v) is 4.47. The maximum absolute atomic E-state index is 11.9. The smallest absolute Gasteiger partial charge is 0.238 e. The number of carbonyl (C=O) groups excluding carboxylic acids is 1. The van der Waals surface area contributed by atoms with E-state index in [2.05, 4.69) is 26.6 Å². The summed E-state index contributed by atoms with van der Waals surface area (Å²) < 4.78 is 6.65. The number of nitrogens with one attached hydrogen (secondary N) is 2. The molecule has 0 aromatic heterocycles. The molecule has 2 bridgehead atoms. The summed E-state index contributed by atoms with van der Waals surface area (Å²) in [6.45, 7) is 0.332. The molecule has 1 aromatic rings. The molecule has 0 saturated carbocycles. The van der Waals surface area contributed by atoms with E-state index in [9.17, 15) is 4.79 Å². The summed E-state index contributed by atoms with van der Waals surface area (Å²) >= 11 is 3.41. The van der Waals surface area contributed by atoms with Gasteiger partial charge in [-0.1, -0.05) is 12.1 Å². The Balaban J connectivity index is 1.48. The Hall–Kier alpha value is -0.910. The van der Waals surface area contributed by atoms with Crippen molar-refractivity contribution in [1.82, 2.24) is 5.32 Å². The van der Waals surface area contributed by atoms with E-state index >= 15 is 0 Å². The largest absolute Gasteiger partial charge is 0.373 e. The molecular formula is C14H17BrN2O2. The van der Waals surface area contributed by atoms with Crippen LogP contribution in [0.1, 0.15) is 19.3 Å². The number of ether oxygens (including phenoxy) is 1. The molecule has 1 amide bonds. The van der Waals surface area contributed by atoms with Crippen LogP contribution >= 0.6 is 15.9 Å². The van der Waals surface area contributed by atoms with Crippen molar-refractivity contribution in [2.45, 2.75) is 37.5 Å². The van der Waals surface area contributed by atoms with Crippen molar-refractivity contribution >= 4 is 27.5 Å². The fraction of sp³-hybridized carbons (Fsp3) is 0.500. The number of hydrogen-bond donors (Lipinski definition) is 2. The van der Waals surface area contributed by atoms with Gasteiger partial charge < -0.3 is 15.4 Å². The minimum Gasteiger partial charge on any atom is -0.373 e. The number of rotatable bonds is 4. The molecule has 0 radical (unpaired) electrons. The van der Waals surface area contributed by atoms with Crippen molar-refractivity contribution in [2.24, 2.45) is 0 Å². The fourth-order valence-electron chi connectivity index (χ4n) is 2.83. The Kier molecular flexibility index (Phi) is 3.86. The fourth-order valence-corrected chi connectivity index (χ4v) is 3.22. The molecule has 102 valence electrons. The van der Waals surface area contributed by atoms with E-state index in [-0.39, 0.29) is 5.91 Å². The first-order valence-electron chi connectivity index (χ1n) is 6.65. The predicted octanol–water partition coefficient (Wildman–Crippen LogP) is 2.30. The Bertz CT molecular complexity index is 480. The molecule has 3 atom stereocenters. The Labute approximate surface area is 121 Å². The van der Waals surface area contributed by atoms with Crippen molar-refractivity contribution in [2.75, 3.05) is 11.9 Å². The molecular weight excluding hydrogens is 308 g/mol. The third-order valence-electron chi connectivity index (χ3n) is 3.78. The molecule has 2 N–H and O–H groups in total. The topological polar surface area (TPSA) is 50.4 Å². The summed E-state index contributed by atoms with van der Waals surface area (Å²) in [6, 6.07) is 7.95. The summed E-state index contributed by atoms with van der Waals surface area (Å²) in [6.07, 6.45) is 4.04. The average molecular weight is 325 g/mol. The SMILES string of the molecule is O=C(CNC1CC2CCC1O2)Nc1ccccc1Br.